The molecule has 9 heteroatoms. The molecule has 5 atom stereocenters. The second-order valence-corrected chi connectivity index (χ2v) is 12.1. The van der Waals surface area contributed by atoms with Crippen LogP contribution < -0.4 is 5.32 Å². The summed E-state index contributed by atoms with van der Waals surface area (Å²) in [6.45, 7) is 8.38. The highest BCUT2D eigenvalue weighted by Gasteiger charge is 2.46. The van der Waals surface area contributed by atoms with Crippen molar-refractivity contribution in [2.45, 2.75) is 71.3 Å². The van der Waals surface area contributed by atoms with Crippen LogP contribution in [0, 0.1) is 11.8 Å². The Hall–Kier alpha value is -3.30. The molecule has 2 aromatic rings. The minimum absolute atomic E-state index is 0.0736. The molecule has 0 spiro atoms. The molecule has 8 nitrogen and oxygen atoms in total. The molecule has 1 aromatic heterocycles. The summed E-state index contributed by atoms with van der Waals surface area (Å²) in [4.78, 5) is 49.1. The SMILES string of the molecule is CC1CC([C@H](C)NC(=O)[C@@H]2C[C@@H](O)CN2C(=O)[C@H](C(C)C)N2Cc3ccccc3C2=O)=CC=C1c1cncs1. The molecule has 39 heavy (non-hydrogen) atoms. The van der Waals surface area contributed by atoms with E-state index in [1.54, 1.807) is 22.3 Å². The van der Waals surface area contributed by atoms with Gasteiger partial charge in [-0.2, -0.15) is 0 Å². The van der Waals surface area contributed by atoms with Gasteiger partial charge in [0, 0.05) is 37.3 Å². The van der Waals surface area contributed by atoms with E-state index in [0.29, 0.717) is 18.0 Å². The van der Waals surface area contributed by atoms with Crippen molar-refractivity contribution in [3.8, 4) is 0 Å². The summed E-state index contributed by atoms with van der Waals surface area (Å²) < 4.78 is 0. The van der Waals surface area contributed by atoms with E-state index in [1.807, 2.05) is 50.7 Å². The molecule has 0 bridgehead atoms. The Morgan fingerprint density at radius 1 is 1.18 bits per heavy atom. The Balaban J connectivity index is 1.30. The van der Waals surface area contributed by atoms with E-state index in [0.717, 1.165) is 22.4 Å². The van der Waals surface area contributed by atoms with Crippen LogP contribution in [0.1, 0.15) is 61.3 Å². The number of benzene rings is 1. The number of allylic oxidation sites excluding steroid dienone is 3. The predicted molar refractivity (Wildman–Crippen MR) is 151 cm³/mol. The van der Waals surface area contributed by atoms with Crippen LogP contribution >= 0.6 is 11.3 Å². The van der Waals surface area contributed by atoms with Gasteiger partial charge in [-0.05, 0) is 48.0 Å². The van der Waals surface area contributed by atoms with Crippen LogP contribution in [0.2, 0.25) is 0 Å². The van der Waals surface area contributed by atoms with Gasteiger partial charge in [0.15, 0.2) is 0 Å². The lowest BCUT2D eigenvalue weighted by atomic mass is 9.85. The Bertz CT molecular complexity index is 1320. The van der Waals surface area contributed by atoms with Crippen molar-refractivity contribution >= 4 is 34.6 Å². The van der Waals surface area contributed by atoms with Gasteiger partial charge in [-0.25, -0.2) is 0 Å². The number of likely N-dealkylation sites (tertiary alicyclic amines) is 1. The van der Waals surface area contributed by atoms with Crippen LogP contribution in [0.3, 0.4) is 0 Å². The minimum Gasteiger partial charge on any atom is -0.391 e. The number of carbonyl (C=O) groups excluding carboxylic acids is 3. The Morgan fingerprint density at radius 2 is 1.95 bits per heavy atom. The average molecular weight is 549 g/mol. The molecule has 206 valence electrons. The first-order chi connectivity index (χ1) is 18.7. The largest absolute Gasteiger partial charge is 0.391 e. The summed E-state index contributed by atoms with van der Waals surface area (Å²) >= 11 is 1.62. The third-order valence-corrected chi connectivity index (χ3v) is 8.94. The fourth-order valence-electron chi connectivity index (χ4n) is 6.06. The zero-order chi connectivity index (χ0) is 27.8. The number of amides is 3. The number of hydrogen-bond donors (Lipinski definition) is 2. The van der Waals surface area contributed by atoms with Gasteiger partial charge < -0.3 is 20.2 Å². The number of aromatic nitrogens is 1. The van der Waals surface area contributed by atoms with E-state index in [4.69, 9.17) is 0 Å². The lowest BCUT2D eigenvalue weighted by Crippen LogP contribution is -2.56. The van der Waals surface area contributed by atoms with Gasteiger partial charge in [0.1, 0.15) is 12.1 Å². The molecule has 1 fully saturated rings. The molecular weight excluding hydrogens is 512 g/mol. The maximum atomic E-state index is 13.9. The van der Waals surface area contributed by atoms with E-state index in [2.05, 4.69) is 29.4 Å². The number of aliphatic hydroxyl groups excluding tert-OH is 1. The second-order valence-electron chi connectivity index (χ2n) is 11.2. The zero-order valence-corrected chi connectivity index (χ0v) is 23.6. The van der Waals surface area contributed by atoms with Crippen molar-refractivity contribution in [1.82, 2.24) is 20.1 Å². The van der Waals surface area contributed by atoms with Crippen LogP contribution in [0.25, 0.3) is 5.57 Å². The van der Waals surface area contributed by atoms with Gasteiger partial charge >= 0.3 is 0 Å². The maximum absolute atomic E-state index is 13.9. The average Bonchev–Trinajstić information content (AvgIpc) is 3.64. The normalized spacial score (nSPS) is 24.4. The number of carbonyl (C=O) groups is 3. The molecule has 2 N–H and O–H groups in total. The molecule has 1 aliphatic carbocycles. The van der Waals surface area contributed by atoms with Crippen molar-refractivity contribution in [1.29, 1.82) is 0 Å². The predicted octanol–water partition coefficient (Wildman–Crippen LogP) is 3.64. The molecule has 0 radical (unpaired) electrons. The highest BCUT2D eigenvalue weighted by atomic mass is 32.1. The van der Waals surface area contributed by atoms with Gasteiger partial charge in [-0.15, -0.1) is 11.3 Å². The quantitative estimate of drug-likeness (QED) is 0.550. The third-order valence-electron chi connectivity index (χ3n) is 8.12. The van der Waals surface area contributed by atoms with Crippen LogP contribution in [-0.2, 0) is 16.1 Å². The van der Waals surface area contributed by atoms with Gasteiger partial charge in [0.2, 0.25) is 11.8 Å². The molecule has 0 saturated carbocycles. The van der Waals surface area contributed by atoms with Gasteiger partial charge in [0.05, 0.1) is 16.5 Å². The van der Waals surface area contributed by atoms with Crippen LogP contribution in [0.15, 0.2) is 53.7 Å². The lowest BCUT2D eigenvalue weighted by molar-refractivity contribution is -0.143. The van der Waals surface area contributed by atoms with Crippen LogP contribution in [-0.4, -0.2) is 68.4 Å². The summed E-state index contributed by atoms with van der Waals surface area (Å²) in [6.07, 6.45) is 6.25. The number of nitrogens with zero attached hydrogens (tertiary/aromatic N) is 3. The fourth-order valence-corrected chi connectivity index (χ4v) is 6.82. The molecule has 3 amide bonds. The van der Waals surface area contributed by atoms with E-state index in [9.17, 15) is 19.5 Å². The summed E-state index contributed by atoms with van der Waals surface area (Å²) in [5, 5.41) is 13.6. The number of hydrogen-bond acceptors (Lipinski definition) is 6. The molecular formula is C30H36N4O4S. The monoisotopic (exact) mass is 548 g/mol. The van der Waals surface area contributed by atoms with Crippen molar-refractivity contribution in [2.24, 2.45) is 11.8 Å². The smallest absolute Gasteiger partial charge is 0.255 e. The highest BCUT2D eigenvalue weighted by molar-refractivity contribution is 7.10. The first-order valence-corrected chi connectivity index (χ1v) is 14.5. The molecule has 1 saturated heterocycles. The van der Waals surface area contributed by atoms with Crippen molar-refractivity contribution in [3.05, 3.63) is 69.7 Å². The lowest BCUT2D eigenvalue weighted by Gasteiger charge is -2.35. The third kappa shape index (κ3) is 5.30. The number of β-amino-alcohol motifs (C(OH)–C–C–N with tert-alkyl or cyclic N) is 1. The number of thiazole rings is 1. The first-order valence-electron chi connectivity index (χ1n) is 13.6. The Labute approximate surface area is 233 Å². The van der Waals surface area contributed by atoms with Gasteiger partial charge in [-0.1, -0.05) is 51.1 Å². The van der Waals surface area contributed by atoms with E-state index >= 15 is 0 Å². The summed E-state index contributed by atoms with van der Waals surface area (Å²) in [6, 6.07) is 5.67. The number of nitrogens with one attached hydrogen (secondary N) is 1. The van der Waals surface area contributed by atoms with Crippen molar-refractivity contribution in [2.75, 3.05) is 6.54 Å². The van der Waals surface area contributed by atoms with E-state index in [1.165, 1.54) is 10.5 Å². The standard InChI is InChI=1S/C30H36N4O4S/c1-17(2)27(34-14-21-7-5-6-8-24(21)29(34)37)30(38)33-15-22(35)12-25(33)28(36)32-19(4)20-9-10-23(18(3)11-20)26-13-31-16-39-26/h5-10,13,16-19,22,25,27,35H,11-12,14-15H2,1-4H3,(H,32,36)/t18?,19-,22+,25-,27-/m0/s1. The molecule has 2 aliphatic heterocycles. The molecule has 5 rings (SSSR count). The second kappa shape index (κ2) is 11.1. The first kappa shape index (κ1) is 27.3. The number of aliphatic hydroxyl groups is 1. The summed E-state index contributed by atoms with van der Waals surface area (Å²) in [5.74, 6) is -0.611. The Morgan fingerprint density at radius 3 is 2.62 bits per heavy atom. The molecule has 1 unspecified atom stereocenters. The maximum Gasteiger partial charge on any atom is 0.255 e. The van der Waals surface area contributed by atoms with E-state index in [-0.39, 0.29) is 42.6 Å². The molecule has 3 heterocycles. The van der Waals surface area contributed by atoms with Crippen LogP contribution in [0.4, 0.5) is 0 Å². The van der Waals surface area contributed by atoms with Gasteiger partial charge in [-0.3, -0.25) is 19.4 Å². The fraction of sp³-hybridized carbons (Fsp3) is 0.467. The highest BCUT2D eigenvalue weighted by Crippen LogP contribution is 2.35. The van der Waals surface area contributed by atoms with Crippen molar-refractivity contribution in [3.63, 3.8) is 0 Å². The van der Waals surface area contributed by atoms with Crippen molar-refractivity contribution < 1.29 is 19.5 Å². The molecule has 1 aromatic carbocycles. The van der Waals surface area contributed by atoms with Crippen LogP contribution in [0.5, 0.6) is 0 Å². The minimum atomic E-state index is -0.793. The van der Waals surface area contributed by atoms with E-state index < -0.39 is 18.2 Å². The topological polar surface area (TPSA) is 103 Å². The molecule has 3 aliphatic rings. The van der Waals surface area contributed by atoms with Gasteiger partial charge in [0.25, 0.3) is 5.91 Å². The number of fused-ring (bicyclic) bond motifs is 1. The summed E-state index contributed by atoms with van der Waals surface area (Å²) in [7, 11) is 0. The number of rotatable bonds is 7. The Kier molecular flexibility index (Phi) is 7.73. The zero-order valence-electron chi connectivity index (χ0n) is 22.8. The summed E-state index contributed by atoms with van der Waals surface area (Å²) in [5.41, 5.74) is 5.70.